The van der Waals surface area contributed by atoms with Crippen molar-refractivity contribution in [3.05, 3.63) is 35.7 Å². The van der Waals surface area contributed by atoms with Gasteiger partial charge >= 0.3 is 5.97 Å². The molecule has 0 radical (unpaired) electrons. The van der Waals surface area contributed by atoms with Crippen LogP contribution in [-0.2, 0) is 21.2 Å². The Morgan fingerprint density at radius 2 is 2.27 bits per heavy atom. The van der Waals surface area contributed by atoms with E-state index in [0.717, 1.165) is 25.0 Å². The van der Waals surface area contributed by atoms with Gasteiger partial charge in [0.15, 0.2) is 0 Å². The summed E-state index contributed by atoms with van der Waals surface area (Å²) in [5.74, 6) is -1.16. The summed E-state index contributed by atoms with van der Waals surface area (Å²) >= 11 is 0. The van der Waals surface area contributed by atoms with Gasteiger partial charge in [0.25, 0.3) is 10.0 Å². The maximum Gasteiger partial charge on any atom is 0.332 e. The largest absolute Gasteiger partial charge is 0.478 e. The molecule has 122 valence electrons. The Hall–Kier alpha value is -1.76. The van der Waals surface area contributed by atoms with Crippen LogP contribution >= 0.6 is 0 Å². The first-order valence-corrected chi connectivity index (χ1v) is 9.11. The van der Waals surface area contributed by atoms with Crippen molar-refractivity contribution in [2.24, 2.45) is 0 Å². The Morgan fingerprint density at radius 3 is 2.95 bits per heavy atom. The molecule has 0 aromatic carbocycles. The van der Waals surface area contributed by atoms with E-state index in [4.69, 9.17) is 0 Å². The molecular formula is C15H22N2O4S. The third kappa shape index (κ3) is 3.71. The molecule has 2 N–H and O–H groups in total. The second kappa shape index (κ2) is 7.00. The Balaban J connectivity index is 2.21. The van der Waals surface area contributed by atoms with Gasteiger partial charge in [0.1, 0.15) is 5.25 Å². The monoisotopic (exact) mass is 326 g/mol. The van der Waals surface area contributed by atoms with Crippen molar-refractivity contribution in [2.75, 3.05) is 4.83 Å². The van der Waals surface area contributed by atoms with Crippen molar-refractivity contribution in [2.45, 2.75) is 50.7 Å². The van der Waals surface area contributed by atoms with Gasteiger partial charge in [-0.2, -0.15) is 0 Å². The van der Waals surface area contributed by atoms with Crippen LogP contribution in [-0.4, -0.2) is 29.4 Å². The van der Waals surface area contributed by atoms with Crippen LogP contribution in [0.25, 0.3) is 0 Å². The van der Waals surface area contributed by atoms with Gasteiger partial charge in [-0.05, 0) is 44.2 Å². The summed E-state index contributed by atoms with van der Waals surface area (Å²) in [7, 11) is -3.78. The summed E-state index contributed by atoms with van der Waals surface area (Å²) in [5.41, 5.74) is 0.850. The highest BCUT2D eigenvalue weighted by molar-refractivity contribution is 7.93. The van der Waals surface area contributed by atoms with Gasteiger partial charge in [0, 0.05) is 11.9 Å². The van der Waals surface area contributed by atoms with E-state index in [9.17, 15) is 18.3 Å². The first-order valence-electron chi connectivity index (χ1n) is 7.57. The van der Waals surface area contributed by atoms with Crippen LogP contribution in [0.5, 0.6) is 0 Å². The van der Waals surface area contributed by atoms with Gasteiger partial charge in [0.2, 0.25) is 0 Å². The van der Waals surface area contributed by atoms with E-state index < -0.39 is 21.2 Å². The number of hydrogen-bond donors (Lipinski definition) is 2. The lowest BCUT2D eigenvalue weighted by Gasteiger charge is -2.23. The van der Waals surface area contributed by atoms with Crippen LogP contribution in [0.15, 0.2) is 30.0 Å². The highest BCUT2D eigenvalue weighted by Crippen LogP contribution is 2.25. The number of aryl methyl sites for hydroxylation is 1. The lowest BCUT2D eigenvalue weighted by Crippen LogP contribution is -2.37. The lowest BCUT2D eigenvalue weighted by atomic mass is 9.99. The summed E-state index contributed by atoms with van der Waals surface area (Å²) in [6.07, 6.45) is 7.55. The molecular weight excluding hydrogens is 304 g/mol. The summed E-state index contributed by atoms with van der Waals surface area (Å²) in [4.78, 5) is 13.8. The molecule has 0 aliphatic heterocycles. The van der Waals surface area contributed by atoms with Gasteiger partial charge in [-0.3, -0.25) is 4.68 Å². The summed E-state index contributed by atoms with van der Waals surface area (Å²) in [5, 5.41) is 8.20. The van der Waals surface area contributed by atoms with Crippen LogP contribution in [0, 0.1) is 0 Å². The average molecular weight is 326 g/mol. The highest BCUT2D eigenvalue weighted by Gasteiger charge is 2.34. The molecule has 0 fully saturated rings. The normalized spacial score (nSPS) is 18.8. The van der Waals surface area contributed by atoms with Crippen molar-refractivity contribution in [1.82, 2.24) is 4.68 Å². The van der Waals surface area contributed by atoms with E-state index >= 15 is 0 Å². The Morgan fingerprint density at radius 1 is 1.50 bits per heavy atom. The van der Waals surface area contributed by atoms with Crippen LogP contribution in [0.1, 0.15) is 44.7 Å². The van der Waals surface area contributed by atoms with E-state index in [1.807, 2.05) is 6.07 Å². The van der Waals surface area contributed by atoms with Crippen molar-refractivity contribution in [1.29, 1.82) is 0 Å². The molecule has 0 saturated carbocycles. The molecule has 1 unspecified atom stereocenters. The molecule has 1 atom stereocenters. The zero-order valence-electron chi connectivity index (χ0n) is 12.7. The third-order valence-corrected chi connectivity index (χ3v) is 5.54. The molecule has 6 nitrogen and oxygen atoms in total. The average Bonchev–Trinajstić information content (AvgIpc) is 2.91. The fourth-order valence-electron chi connectivity index (χ4n) is 2.66. The standard InChI is InChI=1S/C15H22N2O4S/c1-2-3-7-12-8-6-11-17(12)16-22(20,21)14-10-5-4-9-13(14)15(18)19/h6,8-9,11,14,16H,2-5,7,10H2,1H3,(H,18,19). The molecule has 0 spiro atoms. The van der Waals surface area contributed by atoms with Crippen molar-refractivity contribution >= 4 is 16.0 Å². The number of carboxylic acid groups (broad SMARTS) is 1. The first kappa shape index (κ1) is 16.6. The lowest BCUT2D eigenvalue weighted by molar-refractivity contribution is -0.132. The zero-order valence-corrected chi connectivity index (χ0v) is 13.5. The minimum Gasteiger partial charge on any atom is -0.478 e. The van der Waals surface area contributed by atoms with E-state index in [0.29, 0.717) is 19.3 Å². The number of nitrogens with zero attached hydrogens (tertiary/aromatic N) is 1. The van der Waals surface area contributed by atoms with Crippen molar-refractivity contribution in [3.8, 4) is 0 Å². The van der Waals surface area contributed by atoms with E-state index in [-0.39, 0.29) is 5.57 Å². The summed E-state index contributed by atoms with van der Waals surface area (Å²) in [6.45, 7) is 2.07. The molecule has 1 aromatic heterocycles. The molecule has 7 heteroatoms. The number of carboxylic acids is 1. The number of rotatable bonds is 7. The highest BCUT2D eigenvalue weighted by atomic mass is 32.2. The molecule has 0 bridgehead atoms. The number of hydrogen-bond acceptors (Lipinski definition) is 3. The van der Waals surface area contributed by atoms with Crippen LogP contribution in [0.3, 0.4) is 0 Å². The van der Waals surface area contributed by atoms with Gasteiger partial charge in [-0.15, -0.1) is 0 Å². The predicted octanol–water partition coefficient (Wildman–Crippen LogP) is 2.27. The maximum atomic E-state index is 12.6. The van der Waals surface area contributed by atoms with Gasteiger partial charge < -0.3 is 5.11 Å². The first-order chi connectivity index (χ1) is 10.5. The second-order valence-corrected chi connectivity index (χ2v) is 7.34. The Labute approximate surface area is 130 Å². The minimum atomic E-state index is -3.78. The zero-order chi connectivity index (χ0) is 16.2. The quantitative estimate of drug-likeness (QED) is 0.804. The fourth-order valence-corrected chi connectivity index (χ4v) is 4.25. The maximum absolute atomic E-state index is 12.6. The van der Waals surface area contributed by atoms with Gasteiger partial charge in [-0.1, -0.05) is 19.4 Å². The number of sulfonamides is 1. The van der Waals surface area contributed by atoms with Crippen LogP contribution in [0.4, 0.5) is 0 Å². The van der Waals surface area contributed by atoms with E-state index in [2.05, 4.69) is 11.8 Å². The van der Waals surface area contributed by atoms with E-state index in [1.54, 1.807) is 12.3 Å². The summed E-state index contributed by atoms with van der Waals surface area (Å²) in [6, 6.07) is 3.65. The van der Waals surface area contributed by atoms with E-state index in [1.165, 1.54) is 10.8 Å². The molecule has 0 amide bonds. The minimum absolute atomic E-state index is 0.0268. The Bertz CT molecular complexity index is 661. The SMILES string of the molecule is CCCCc1cccn1NS(=O)(=O)C1CCCC=C1C(=O)O. The number of carbonyl (C=O) groups is 1. The molecule has 1 aromatic rings. The Kier molecular flexibility index (Phi) is 5.28. The molecule has 1 aliphatic rings. The molecule has 22 heavy (non-hydrogen) atoms. The van der Waals surface area contributed by atoms with Gasteiger partial charge in [-0.25, -0.2) is 18.0 Å². The molecule has 1 heterocycles. The molecule has 0 saturated heterocycles. The number of aliphatic carboxylic acids is 1. The second-order valence-electron chi connectivity index (χ2n) is 5.49. The van der Waals surface area contributed by atoms with Crippen LogP contribution < -0.4 is 4.83 Å². The number of aromatic nitrogens is 1. The smallest absolute Gasteiger partial charge is 0.332 e. The topological polar surface area (TPSA) is 88.4 Å². The third-order valence-electron chi connectivity index (χ3n) is 3.85. The fraction of sp³-hybridized carbons (Fsp3) is 0.533. The van der Waals surface area contributed by atoms with Gasteiger partial charge in [0.05, 0.1) is 5.57 Å². The van der Waals surface area contributed by atoms with Crippen molar-refractivity contribution in [3.63, 3.8) is 0 Å². The molecule has 1 aliphatic carbocycles. The molecule has 2 rings (SSSR count). The van der Waals surface area contributed by atoms with Crippen molar-refractivity contribution < 1.29 is 18.3 Å². The van der Waals surface area contributed by atoms with Crippen LogP contribution in [0.2, 0.25) is 0 Å². The summed E-state index contributed by atoms with van der Waals surface area (Å²) < 4.78 is 26.6. The number of unbranched alkanes of at least 4 members (excludes halogenated alkanes) is 1. The number of nitrogens with one attached hydrogen (secondary N) is 1. The predicted molar refractivity (Wildman–Crippen MR) is 84.7 cm³/mol. The number of allylic oxidation sites excluding steroid dienone is 1.